The second-order valence-electron chi connectivity index (χ2n) is 4.27. The van der Waals surface area contributed by atoms with E-state index >= 15 is 0 Å². The summed E-state index contributed by atoms with van der Waals surface area (Å²) in [7, 11) is 0. The number of benzene rings is 1. The lowest BCUT2D eigenvalue weighted by Gasteiger charge is -1.96. The Balaban J connectivity index is 1.60. The van der Waals surface area contributed by atoms with Crippen LogP contribution in [0.4, 0.5) is 0 Å². The van der Waals surface area contributed by atoms with Crippen molar-refractivity contribution in [2.45, 2.75) is 17.4 Å². The molecular weight excluding hydrogens is 270 g/mol. The second kappa shape index (κ2) is 6.34. The zero-order valence-electron chi connectivity index (χ0n) is 10.8. The molecule has 0 spiro atoms. The van der Waals surface area contributed by atoms with Crippen molar-refractivity contribution in [2.24, 2.45) is 0 Å². The summed E-state index contributed by atoms with van der Waals surface area (Å²) in [5.74, 6) is 1.42. The van der Waals surface area contributed by atoms with Crippen LogP contribution in [0.2, 0.25) is 0 Å². The standard InChI is InChI=1S/C15H13N3OS/c1-2-5-12(6-3-1)9-14-17-18-15(19-14)20-11-13-7-4-8-16-10-13/h1-8,10H,9,11H2. The van der Waals surface area contributed by atoms with Gasteiger partial charge in [0.25, 0.3) is 5.22 Å². The third-order valence-electron chi connectivity index (χ3n) is 2.73. The van der Waals surface area contributed by atoms with Gasteiger partial charge in [0, 0.05) is 18.1 Å². The van der Waals surface area contributed by atoms with Crippen LogP contribution >= 0.6 is 11.8 Å². The molecule has 0 unspecified atom stereocenters. The Morgan fingerprint density at radius 3 is 2.60 bits per heavy atom. The molecule has 100 valence electrons. The average molecular weight is 283 g/mol. The van der Waals surface area contributed by atoms with E-state index in [9.17, 15) is 0 Å². The maximum atomic E-state index is 5.63. The fourth-order valence-electron chi connectivity index (χ4n) is 1.77. The van der Waals surface area contributed by atoms with Crippen LogP contribution in [0.25, 0.3) is 0 Å². The summed E-state index contributed by atoms with van der Waals surface area (Å²) < 4.78 is 5.63. The molecule has 5 heteroatoms. The zero-order valence-corrected chi connectivity index (χ0v) is 11.6. The topological polar surface area (TPSA) is 51.8 Å². The molecule has 4 nitrogen and oxygen atoms in total. The molecular formula is C15H13N3OS. The predicted molar refractivity (Wildman–Crippen MR) is 77.3 cm³/mol. The van der Waals surface area contributed by atoms with Crippen LogP contribution in [-0.4, -0.2) is 15.2 Å². The maximum absolute atomic E-state index is 5.63. The molecule has 0 amide bonds. The van der Waals surface area contributed by atoms with E-state index in [-0.39, 0.29) is 0 Å². The van der Waals surface area contributed by atoms with Gasteiger partial charge in [0.15, 0.2) is 0 Å². The Bertz CT molecular complexity index is 655. The van der Waals surface area contributed by atoms with Crippen molar-refractivity contribution in [3.8, 4) is 0 Å². The molecule has 0 aliphatic carbocycles. The van der Waals surface area contributed by atoms with E-state index in [1.165, 1.54) is 17.3 Å². The van der Waals surface area contributed by atoms with Gasteiger partial charge < -0.3 is 4.42 Å². The molecule has 0 saturated carbocycles. The van der Waals surface area contributed by atoms with Gasteiger partial charge in [0.1, 0.15) is 0 Å². The lowest BCUT2D eigenvalue weighted by molar-refractivity contribution is 0.420. The number of rotatable bonds is 5. The van der Waals surface area contributed by atoms with Crippen molar-refractivity contribution < 1.29 is 4.42 Å². The quantitative estimate of drug-likeness (QED) is 0.672. The Labute approximate surface area is 121 Å². The van der Waals surface area contributed by atoms with Crippen LogP contribution in [0.15, 0.2) is 64.5 Å². The van der Waals surface area contributed by atoms with Crippen LogP contribution in [0, 0.1) is 0 Å². The largest absolute Gasteiger partial charge is 0.416 e. The normalized spacial score (nSPS) is 10.6. The molecule has 20 heavy (non-hydrogen) atoms. The van der Waals surface area contributed by atoms with E-state index in [1.54, 1.807) is 6.20 Å². The predicted octanol–water partition coefficient (Wildman–Crippen LogP) is 3.35. The molecule has 0 bridgehead atoms. The minimum atomic E-state index is 0.597. The van der Waals surface area contributed by atoms with Crippen molar-refractivity contribution in [3.63, 3.8) is 0 Å². The second-order valence-corrected chi connectivity index (χ2v) is 5.20. The molecule has 2 aromatic heterocycles. The van der Waals surface area contributed by atoms with Crippen LogP contribution in [0.5, 0.6) is 0 Å². The highest BCUT2D eigenvalue weighted by Crippen LogP contribution is 2.21. The lowest BCUT2D eigenvalue weighted by atomic mass is 10.2. The van der Waals surface area contributed by atoms with E-state index in [0.717, 1.165) is 11.3 Å². The number of nitrogens with zero attached hydrogens (tertiary/aromatic N) is 3. The molecule has 0 radical (unpaired) electrons. The number of aromatic nitrogens is 3. The van der Waals surface area contributed by atoms with E-state index in [2.05, 4.69) is 15.2 Å². The van der Waals surface area contributed by atoms with Gasteiger partial charge in [-0.05, 0) is 17.2 Å². The zero-order chi connectivity index (χ0) is 13.6. The molecule has 1 aromatic carbocycles. The van der Waals surface area contributed by atoms with E-state index in [1.807, 2.05) is 48.7 Å². The first kappa shape index (κ1) is 12.9. The smallest absolute Gasteiger partial charge is 0.276 e. The summed E-state index contributed by atoms with van der Waals surface area (Å²) >= 11 is 1.52. The van der Waals surface area contributed by atoms with Gasteiger partial charge >= 0.3 is 0 Å². The van der Waals surface area contributed by atoms with Gasteiger partial charge in [0.05, 0.1) is 6.42 Å². The van der Waals surface area contributed by atoms with Crippen molar-refractivity contribution in [2.75, 3.05) is 0 Å². The van der Waals surface area contributed by atoms with Crippen LogP contribution in [0.3, 0.4) is 0 Å². The Kier molecular flexibility index (Phi) is 4.08. The van der Waals surface area contributed by atoms with Crippen molar-refractivity contribution in [1.82, 2.24) is 15.2 Å². The van der Waals surface area contributed by atoms with Crippen LogP contribution < -0.4 is 0 Å². The molecule has 0 atom stereocenters. The summed E-state index contributed by atoms with van der Waals surface area (Å²) in [6.07, 6.45) is 4.27. The highest BCUT2D eigenvalue weighted by atomic mass is 32.2. The van der Waals surface area contributed by atoms with E-state index in [0.29, 0.717) is 17.5 Å². The molecule has 0 fully saturated rings. The number of hydrogen-bond acceptors (Lipinski definition) is 5. The molecule has 2 heterocycles. The summed E-state index contributed by atoms with van der Waals surface area (Å²) in [6, 6.07) is 14.0. The third-order valence-corrected chi connectivity index (χ3v) is 3.62. The summed E-state index contributed by atoms with van der Waals surface area (Å²) in [5.41, 5.74) is 2.31. The monoisotopic (exact) mass is 283 g/mol. The first-order chi connectivity index (χ1) is 9.90. The minimum absolute atomic E-state index is 0.597. The third kappa shape index (κ3) is 3.45. The Hall–Kier alpha value is -2.14. The van der Waals surface area contributed by atoms with Crippen molar-refractivity contribution >= 4 is 11.8 Å². The van der Waals surface area contributed by atoms with Crippen LogP contribution in [0.1, 0.15) is 17.0 Å². The van der Waals surface area contributed by atoms with Crippen molar-refractivity contribution in [3.05, 3.63) is 71.9 Å². The minimum Gasteiger partial charge on any atom is -0.416 e. The summed E-state index contributed by atoms with van der Waals surface area (Å²) in [4.78, 5) is 4.08. The maximum Gasteiger partial charge on any atom is 0.276 e. The first-order valence-corrected chi connectivity index (χ1v) is 7.27. The van der Waals surface area contributed by atoms with Gasteiger partial charge in [-0.1, -0.05) is 48.2 Å². The van der Waals surface area contributed by atoms with Gasteiger partial charge in [0.2, 0.25) is 5.89 Å². The number of thioether (sulfide) groups is 1. The molecule has 0 aliphatic heterocycles. The van der Waals surface area contributed by atoms with Gasteiger partial charge in [-0.25, -0.2) is 0 Å². The van der Waals surface area contributed by atoms with Gasteiger partial charge in [-0.2, -0.15) is 0 Å². The van der Waals surface area contributed by atoms with Crippen molar-refractivity contribution in [1.29, 1.82) is 0 Å². The fraction of sp³-hybridized carbons (Fsp3) is 0.133. The SMILES string of the molecule is c1ccc(Cc2nnc(SCc3cccnc3)o2)cc1. The number of pyridine rings is 1. The lowest BCUT2D eigenvalue weighted by Crippen LogP contribution is -1.87. The number of hydrogen-bond donors (Lipinski definition) is 0. The highest BCUT2D eigenvalue weighted by Gasteiger charge is 2.07. The van der Waals surface area contributed by atoms with Gasteiger partial charge in [-0.3, -0.25) is 4.98 Å². The fourth-order valence-corrected chi connectivity index (χ4v) is 2.48. The Morgan fingerprint density at radius 1 is 0.950 bits per heavy atom. The molecule has 0 saturated heterocycles. The van der Waals surface area contributed by atoms with E-state index in [4.69, 9.17) is 4.42 Å². The summed E-state index contributed by atoms with van der Waals surface area (Å²) in [6.45, 7) is 0. The van der Waals surface area contributed by atoms with E-state index < -0.39 is 0 Å². The first-order valence-electron chi connectivity index (χ1n) is 6.28. The molecule has 0 aliphatic rings. The molecule has 3 aromatic rings. The van der Waals surface area contributed by atoms with Crippen LogP contribution in [-0.2, 0) is 12.2 Å². The average Bonchev–Trinajstić information content (AvgIpc) is 2.95. The Morgan fingerprint density at radius 2 is 1.80 bits per heavy atom. The van der Waals surface area contributed by atoms with Gasteiger partial charge in [-0.15, -0.1) is 10.2 Å². The molecule has 3 rings (SSSR count). The summed E-state index contributed by atoms with van der Waals surface area (Å²) in [5, 5.41) is 8.72. The molecule has 0 N–H and O–H groups in total. The highest BCUT2D eigenvalue weighted by molar-refractivity contribution is 7.98.